The van der Waals surface area contributed by atoms with Gasteiger partial charge in [0, 0.05) is 13.6 Å². The summed E-state index contributed by atoms with van der Waals surface area (Å²) in [6.45, 7) is 8.49. The van der Waals surface area contributed by atoms with Gasteiger partial charge in [0.1, 0.15) is 5.82 Å². The molecule has 0 radical (unpaired) electrons. The van der Waals surface area contributed by atoms with Crippen LogP contribution in [0, 0.1) is 11.2 Å². The first kappa shape index (κ1) is 19.4. The first-order chi connectivity index (χ1) is 10.6. The maximum atomic E-state index is 13.1. The number of carbonyl (C=O) groups excluding carboxylic acids is 1. The molecule has 5 heteroatoms. The molecule has 0 aliphatic heterocycles. The van der Waals surface area contributed by atoms with E-state index in [9.17, 15) is 14.3 Å². The van der Waals surface area contributed by atoms with Gasteiger partial charge in [0.05, 0.1) is 12.1 Å². The number of hydrogen-bond acceptors (Lipinski definition) is 2. The van der Waals surface area contributed by atoms with Crippen LogP contribution in [-0.2, 0) is 0 Å². The van der Waals surface area contributed by atoms with E-state index < -0.39 is 6.10 Å². The van der Waals surface area contributed by atoms with Crippen molar-refractivity contribution in [2.24, 2.45) is 5.41 Å². The summed E-state index contributed by atoms with van der Waals surface area (Å²) < 4.78 is 13.1. The number of nitrogens with zero attached hydrogens (tertiary/aromatic N) is 1. The average Bonchev–Trinajstić information content (AvgIpc) is 2.43. The first-order valence-corrected chi connectivity index (χ1v) is 8.03. The highest BCUT2D eigenvalue weighted by atomic mass is 19.1. The molecule has 2 N–H and O–H groups in total. The molecule has 0 fully saturated rings. The van der Waals surface area contributed by atoms with Crippen LogP contribution in [0.5, 0.6) is 0 Å². The summed E-state index contributed by atoms with van der Waals surface area (Å²) in [4.78, 5) is 13.9. The molecule has 1 aromatic carbocycles. The van der Waals surface area contributed by atoms with Gasteiger partial charge in [0.25, 0.3) is 0 Å². The van der Waals surface area contributed by atoms with Gasteiger partial charge in [0.2, 0.25) is 0 Å². The second kappa shape index (κ2) is 8.29. The highest BCUT2D eigenvalue weighted by Gasteiger charge is 2.23. The standard InChI is InChI=1S/C18H29FN2O2/c1-13(22)10-11-21(5)17(23)20-16(12-18(2,3)4)14-6-8-15(19)9-7-14/h6-9,13,16,22H,10-12H2,1-5H3,(H,20,23). The summed E-state index contributed by atoms with van der Waals surface area (Å²) in [5.74, 6) is -0.288. The fourth-order valence-electron chi connectivity index (χ4n) is 2.30. The molecule has 2 atom stereocenters. The van der Waals surface area contributed by atoms with Gasteiger partial charge in [-0.2, -0.15) is 0 Å². The second-order valence-corrected chi connectivity index (χ2v) is 7.38. The van der Waals surface area contributed by atoms with Crippen LogP contribution in [0.15, 0.2) is 24.3 Å². The number of nitrogens with one attached hydrogen (secondary N) is 1. The van der Waals surface area contributed by atoms with Crippen LogP contribution in [0.1, 0.15) is 52.1 Å². The van der Waals surface area contributed by atoms with Crippen molar-refractivity contribution in [1.29, 1.82) is 0 Å². The zero-order valence-corrected chi connectivity index (χ0v) is 14.8. The van der Waals surface area contributed by atoms with Crippen molar-refractivity contribution in [2.45, 2.75) is 52.7 Å². The Labute approximate surface area is 138 Å². The van der Waals surface area contributed by atoms with Crippen molar-refractivity contribution in [3.8, 4) is 0 Å². The molecular weight excluding hydrogens is 295 g/mol. The number of rotatable bonds is 6. The van der Waals surface area contributed by atoms with Gasteiger partial charge in [-0.25, -0.2) is 9.18 Å². The summed E-state index contributed by atoms with van der Waals surface area (Å²) in [5.41, 5.74) is 0.906. The van der Waals surface area contributed by atoms with Crippen molar-refractivity contribution in [3.05, 3.63) is 35.6 Å². The lowest BCUT2D eigenvalue weighted by molar-refractivity contribution is 0.161. The number of amides is 2. The van der Waals surface area contributed by atoms with Crippen molar-refractivity contribution in [1.82, 2.24) is 10.2 Å². The molecule has 1 aromatic rings. The van der Waals surface area contributed by atoms with Crippen LogP contribution in [0.2, 0.25) is 0 Å². The topological polar surface area (TPSA) is 52.6 Å². The van der Waals surface area contributed by atoms with Gasteiger partial charge >= 0.3 is 6.03 Å². The number of benzene rings is 1. The molecule has 1 rings (SSSR count). The molecule has 0 bridgehead atoms. The minimum absolute atomic E-state index is 0.0184. The lowest BCUT2D eigenvalue weighted by atomic mass is 9.85. The zero-order valence-electron chi connectivity index (χ0n) is 14.8. The monoisotopic (exact) mass is 324 g/mol. The number of hydrogen-bond donors (Lipinski definition) is 2. The molecule has 0 spiro atoms. The van der Waals surface area contributed by atoms with E-state index in [-0.39, 0.29) is 23.3 Å². The number of carbonyl (C=O) groups is 1. The third-order valence-corrected chi connectivity index (χ3v) is 3.62. The molecule has 2 unspecified atom stereocenters. The summed E-state index contributed by atoms with van der Waals surface area (Å²) >= 11 is 0. The highest BCUT2D eigenvalue weighted by molar-refractivity contribution is 5.74. The van der Waals surface area contributed by atoms with Crippen molar-refractivity contribution in [3.63, 3.8) is 0 Å². The van der Waals surface area contributed by atoms with E-state index in [4.69, 9.17) is 0 Å². The van der Waals surface area contributed by atoms with Crippen LogP contribution in [0.25, 0.3) is 0 Å². The molecule has 0 saturated carbocycles. The van der Waals surface area contributed by atoms with E-state index in [0.717, 1.165) is 12.0 Å². The SMILES string of the molecule is CC(O)CCN(C)C(=O)NC(CC(C)(C)C)c1ccc(F)cc1. The smallest absolute Gasteiger partial charge is 0.317 e. The molecule has 2 amide bonds. The van der Waals surface area contributed by atoms with Gasteiger partial charge in [-0.05, 0) is 42.9 Å². The lowest BCUT2D eigenvalue weighted by Gasteiger charge is -2.29. The number of aliphatic hydroxyl groups is 1. The second-order valence-electron chi connectivity index (χ2n) is 7.38. The Kier molecular flexibility index (Phi) is 7.01. The molecule has 23 heavy (non-hydrogen) atoms. The van der Waals surface area contributed by atoms with E-state index in [2.05, 4.69) is 26.1 Å². The Morgan fingerprint density at radius 1 is 1.30 bits per heavy atom. The Hall–Kier alpha value is -1.62. The quantitative estimate of drug-likeness (QED) is 0.838. The van der Waals surface area contributed by atoms with E-state index >= 15 is 0 Å². The minimum atomic E-state index is -0.437. The predicted molar refractivity (Wildman–Crippen MR) is 90.7 cm³/mol. The third kappa shape index (κ3) is 7.46. The molecule has 4 nitrogen and oxygen atoms in total. The molecule has 0 aliphatic carbocycles. The zero-order chi connectivity index (χ0) is 17.6. The predicted octanol–water partition coefficient (Wildman–Crippen LogP) is 3.72. The third-order valence-electron chi connectivity index (χ3n) is 3.62. The summed E-state index contributed by atoms with van der Waals surface area (Å²) in [5, 5.41) is 12.3. The van der Waals surface area contributed by atoms with E-state index in [0.29, 0.717) is 13.0 Å². The van der Waals surface area contributed by atoms with Crippen LogP contribution in [0.4, 0.5) is 9.18 Å². The fourth-order valence-corrected chi connectivity index (χ4v) is 2.30. The number of aliphatic hydroxyl groups excluding tert-OH is 1. The van der Waals surface area contributed by atoms with E-state index in [1.165, 1.54) is 12.1 Å². The Morgan fingerprint density at radius 3 is 2.35 bits per heavy atom. The van der Waals surface area contributed by atoms with Crippen LogP contribution >= 0.6 is 0 Å². The van der Waals surface area contributed by atoms with Gasteiger partial charge in [-0.1, -0.05) is 32.9 Å². The maximum absolute atomic E-state index is 13.1. The minimum Gasteiger partial charge on any atom is -0.393 e. The average molecular weight is 324 g/mol. The Balaban J connectivity index is 2.80. The first-order valence-electron chi connectivity index (χ1n) is 8.03. The van der Waals surface area contributed by atoms with Gasteiger partial charge < -0.3 is 15.3 Å². The number of urea groups is 1. The molecule has 0 saturated heterocycles. The molecule has 130 valence electrons. The van der Waals surface area contributed by atoms with Gasteiger partial charge in [0.15, 0.2) is 0 Å². The van der Waals surface area contributed by atoms with Crippen molar-refractivity contribution < 1.29 is 14.3 Å². The van der Waals surface area contributed by atoms with Gasteiger partial charge in [-0.15, -0.1) is 0 Å². The molecule has 0 aromatic heterocycles. The lowest BCUT2D eigenvalue weighted by Crippen LogP contribution is -2.41. The largest absolute Gasteiger partial charge is 0.393 e. The number of halogens is 1. The van der Waals surface area contributed by atoms with Crippen molar-refractivity contribution in [2.75, 3.05) is 13.6 Å². The maximum Gasteiger partial charge on any atom is 0.317 e. The fraction of sp³-hybridized carbons (Fsp3) is 0.611. The van der Waals surface area contributed by atoms with E-state index in [1.54, 1.807) is 31.0 Å². The Bertz CT molecular complexity index is 495. The van der Waals surface area contributed by atoms with Crippen LogP contribution in [-0.4, -0.2) is 35.7 Å². The van der Waals surface area contributed by atoms with Crippen LogP contribution < -0.4 is 5.32 Å². The normalized spacial score (nSPS) is 14.2. The molecular formula is C18H29FN2O2. The van der Waals surface area contributed by atoms with Crippen LogP contribution in [0.3, 0.4) is 0 Å². The summed E-state index contributed by atoms with van der Waals surface area (Å²) in [7, 11) is 1.70. The molecule has 0 aliphatic rings. The van der Waals surface area contributed by atoms with Gasteiger partial charge in [-0.3, -0.25) is 0 Å². The molecule has 0 heterocycles. The van der Waals surface area contributed by atoms with Crippen molar-refractivity contribution >= 4 is 6.03 Å². The summed E-state index contributed by atoms with van der Waals surface area (Å²) in [6.07, 6.45) is 0.840. The summed E-state index contributed by atoms with van der Waals surface area (Å²) in [6, 6.07) is 5.87. The van der Waals surface area contributed by atoms with E-state index in [1.807, 2.05) is 0 Å². The highest BCUT2D eigenvalue weighted by Crippen LogP contribution is 2.29. The Morgan fingerprint density at radius 2 is 1.87 bits per heavy atom.